The third kappa shape index (κ3) is 5.33. The standard InChI is InChI=1S/C16H22N4O.CH4/c1-14(2)19(12-15-6-4-3-5-7-15)11-9-18-16(21)20-10-8-17-13-20;/h3-8,10,13-14H,9,11-12H2,1-2H3,(H,18,21);1H4. The molecule has 0 aliphatic carbocycles. The monoisotopic (exact) mass is 302 g/mol. The maximum absolute atomic E-state index is 11.8. The molecule has 5 heteroatoms. The van der Waals surface area contributed by atoms with Gasteiger partial charge in [-0.2, -0.15) is 0 Å². The molecule has 2 rings (SSSR count). The summed E-state index contributed by atoms with van der Waals surface area (Å²) in [4.78, 5) is 18.0. The first-order chi connectivity index (χ1) is 10.2. The number of carbonyl (C=O) groups is 1. The fourth-order valence-electron chi connectivity index (χ4n) is 2.11. The lowest BCUT2D eigenvalue weighted by Crippen LogP contribution is -2.39. The minimum absolute atomic E-state index is 0. The number of carbonyl (C=O) groups excluding carboxylic acids is 1. The summed E-state index contributed by atoms with van der Waals surface area (Å²) in [5.74, 6) is 0. The van der Waals surface area contributed by atoms with Crippen LogP contribution < -0.4 is 5.32 Å². The second-order valence-corrected chi connectivity index (χ2v) is 5.25. The largest absolute Gasteiger partial charge is 0.336 e. The smallest absolute Gasteiger partial charge is 0.326 e. The van der Waals surface area contributed by atoms with E-state index in [1.54, 1.807) is 12.4 Å². The highest BCUT2D eigenvalue weighted by Crippen LogP contribution is 2.07. The lowest BCUT2D eigenvalue weighted by molar-refractivity contribution is 0.209. The van der Waals surface area contributed by atoms with Gasteiger partial charge in [0, 0.05) is 38.1 Å². The molecular weight excluding hydrogens is 276 g/mol. The molecule has 1 amide bonds. The van der Waals surface area contributed by atoms with Gasteiger partial charge in [0.15, 0.2) is 0 Å². The number of imidazole rings is 1. The Labute approximate surface area is 133 Å². The maximum atomic E-state index is 11.8. The van der Waals surface area contributed by atoms with Crippen LogP contribution in [-0.2, 0) is 6.54 Å². The van der Waals surface area contributed by atoms with E-state index in [4.69, 9.17) is 0 Å². The van der Waals surface area contributed by atoms with E-state index in [0.717, 1.165) is 13.1 Å². The van der Waals surface area contributed by atoms with Crippen LogP contribution in [0.2, 0.25) is 0 Å². The molecular formula is C17H26N4O. The molecule has 0 aliphatic heterocycles. The summed E-state index contributed by atoms with van der Waals surface area (Å²) in [7, 11) is 0. The molecule has 5 nitrogen and oxygen atoms in total. The van der Waals surface area contributed by atoms with Crippen molar-refractivity contribution in [2.24, 2.45) is 0 Å². The Kier molecular flexibility index (Phi) is 7.32. The van der Waals surface area contributed by atoms with Crippen molar-refractivity contribution >= 4 is 6.03 Å². The first-order valence-corrected chi connectivity index (χ1v) is 7.21. The van der Waals surface area contributed by atoms with Crippen LogP contribution in [0.25, 0.3) is 0 Å². The van der Waals surface area contributed by atoms with Gasteiger partial charge in [0.05, 0.1) is 0 Å². The predicted octanol–water partition coefficient (Wildman–Crippen LogP) is 2.99. The van der Waals surface area contributed by atoms with E-state index in [2.05, 4.69) is 53.3 Å². The maximum Gasteiger partial charge on any atom is 0.326 e. The number of nitrogens with one attached hydrogen (secondary N) is 1. The number of hydrogen-bond donors (Lipinski definition) is 1. The average Bonchev–Trinajstić information content (AvgIpc) is 3.01. The Morgan fingerprint density at radius 2 is 2.05 bits per heavy atom. The molecule has 0 fully saturated rings. The van der Waals surface area contributed by atoms with Gasteiger partial charge in [0.1, 0.15) is 6.33 Å². The third-order valence-electron chi connectivity index (χ3n) is 3.37. The van der Waals surface area contributed by atoms with Crippen LogP contribution >= 0.6 is 0 Å². The molecule has 0 saturated carbocycles. The molecule has 0 bridgehead atoms. The SMILES string of the molecule is C.CC(C)N(CCNC(=O)n1ccnc1)Cc1ccccc1. The molecule has 0 atom stereocenters. The van der Waals surface area contributed by atoms with Crippen LogP contribution in [0.3, 0.4) is 0 Å². The van der Waals surface area contributed by atoms with Gasteiger partial charge in [-0.15, -0.1) is 0 Å². The molecule has 1 N–H and O–H groups in total. The Hall–Kier alpha value is -2.14. The van der Waals surface area contributed by atoms with E-state index in [0.29, 0.717) is 12.6 Å². The van der Waals surface area contributed by atoms with Crippen molar-refractivity contribution in [1.82, 2.24) is 19.8 Å². The molecule has 0 saturated heterocycles. The van der Waals surface area contributed by atoms with Gasteiger partial charge in [0.25, 0.3) is 0 Å². The normalized spacial score (nSPS) is 10.5. The van der Waals surface area contributed by atoms with Crippen LogP contribution in [0, 0.1) is 0 Å². The van der Waals surface area contributed by atoms with Crippen LogP contribution in [0.1, 0.15) is 26.8 Å². The fraction of sp³-hybridized carbons (Fsp3) is 0.412. The molecule has 120 valence electrons. The highest BCUT2D eigenvalue weighted by molar-refractivity contribution is 5.76. The molecule has 22 heavy (non-hydrogen) atoms. The molecule has 1 heterocycles. The van der Waals surface area contributed by atoms with Crippen molar-refractivity contribution in [3.8, 4) is 0 Å². The zero-order valence-electron chi connectivity index (χ0n) is 12.6. The molecule has 0 aliphatic rings. The van der Waals surface area contributed by atoms with E-state index in [-0.39, 0.29) is 13.5 Å². The summed E-state index contributed by atoms with van der Waals surface area (Å²) >= 11 is 0. The van der Waals surface area contributed by atoms with Crippen LogP contribution in [0.4, 0.5) is 4.79 Å². The van der Waals surface area contributed by atoms with E-state index in [9.17, 15) is 4.79 Å². The summed E-state index contributed by atoms with van der Waals surface area (Å²) in [6, 6.07) is 10.7. The Morgan fingerprint density at radius 3 is 2.64 bits per heavy atom. The van der Waals surface area contributed by atoms with E-state index in [1.807, 2.05) is 6.07 Å². The Balaban J connectivity index is 0.00000242. The number of aromatic nitrogens is 2. The summed E-state index contributed by atoms with van der Waals surface area (Å²) in [6.45, 7) is 6.65. The highest BCUT2D eigenvalue weighted by Gasteiger charge is 2.10. The zero-order valence-corrected chi connectivity index (χ0v) is 12.6. The fourth-order valence-corrected chi connectivity index (χ4v) is 2.11. The molecule has 1 aromatic heterocycles. The topological polar surface area (TPSA) is 50.2 Å². The third-order valence-corrected chi connectivity index (χ3v) is 3.37. The Bertz CT molecular complexity index is 537. The first-order valence-electron chi connectivity index (χ1n) is 7.21. The number of amides is 1. The predicted molar refractivity (Wildman–Crippen MR) is 89.7 cm³/mol. The van der Waals surface area contributed by atoms with Crippen molar-refractivity contribution in [3.63, 3.8) is 0 Å². The number of benzene rings is 1. The minimum Gasteiger partial charge on any atom is -0.336 e. The molecule has 1 aromatic carbocycles. The zero-order chi connectivity index (χ0) is 15.1. The molecule has 0 unspecified atom stereocenters. The summed E-state index contributed by atoms with van der Waals surface area (Å²) in [6.07, 6.45) is 4.73. The molecule has 0 spiro atoms. The Morgan fingerprint density at radius 1 is 1.32 bits per heavy atom. The molecule has 2 aromatic rings. The van der Waals surface area contributed by atoms with Gasteiger partial charge in [-0.05, 0) is 19.4 Å². The van der Waals surface area contributed by atoms with E-state index < -0.39 is 0 Å². The first kappa shape index (κ1) is 17.9. The van der Waals surface area contributed by atoms with Gasteiger partial charge in [-0.25, -0.2) is 9.78 Å². The van der Waals surface area contributed by atoms with Crippen molar-refractivity contribution in [3.05, 3.63) is 54.6 Å². The van der Waals surface area contributed by atoms with Gasteiger partial charge < -0.3 is 5.32 Å². The van der Waals surface area contributed by atoms with Crippen molar-refractivity contribution in [2.45, 2.75) is 33.9 Å². The summed E-state index contributed by atoms with van der Waals surface area (Å²) in [5, 5.41) is 2.90. The quantitative estimate of drug-likeness (QED) is 0.892. The lowest BCUT2D eigenvalue weighted by Gasteiger charge is -2.26. The number of hydrogen-bond acceptors (Lipinski definition) is 3. The van der Waals surface area contributed by atoms with E-state index in [1.165, 1.54) is 16.5 Å². The average molecular weight is 302 g/mol. The molecule has 0 radical (unpaired) electrons. The summed E-state index contributed by atoms with van der Waals surface area (Å²) in [5.41, 5.74) is 1.28. The second-order valence-electron chi connectivity index (χ2n) is 5.25. The summed E-state index contributed by atoms with van der Waals surface area (Å²) < 4.78 is 1.44. The van der Waals surface area contributed by atoms with E-state index >= 15 is 0 Å². The van der Waals surface area contributed by atoms with Gasteiger partial charge in [-0.3, -0.25) is 9.47 Å². The van der Waals surface area contributed by atoms with Crippen LogP contribution in [0.5, 0.6) is 0 Å². The van der Waals surface area contributed by atoms with Gasteiger partial charge in [-0.1, -0.05) is 37.8 Å². The van der Waals surface area contributed by atoms with Crippen molar-refractivity contribution in [2.75, 3.05) is 13.1 Å². The van der Waals surface area contributed by atoms with Crippen LogP contribution in [-0.4, -0.2) is 39.6 Å². The minimum atomic E-state index is -0.143. The van der Waals surface area contributed by atoms with Gasteiger partial charge >= 0.3 is 6.03 Å². The van der Waals surface area contributed by atoms with Crippen molar-refractivity contribution < 1.29 is 4.79 Å². The van der Waals surface area contributed by atoms with Crippen molar-refractivity contribution in [1.29, 1.82) is 0 Å². The van der Waals surface area contributed by atoms with Crippen LogP contribution in [0.15, 0.2) is 49.1 Å². The number of nitrogens with zero attached hydrogens (tertiary/aromatic N) is 3. The lowest BCUT2D eigenvalue weighted by atomic mass is 10.2. The highest BCUT2D eigenvalue weighted by atomic mass is 16.2. The second kappa shape index (κ2) is 9.00. The number of rotatable bonds is 6. The van der Waals surface area contributed by atoms with Gasteiger partial charge in [0.2, 0.25) is 0 Å².